The fourth-order valence-corrected chi connectivity index (χ4v) is 3.99. The molecule has 32 heavy (non-hydrogen) atoms. The van der Waals surface area contributed by atoms with Gasteiger partial charge in [-0.3, -0.25) is 10.2 Å². The van der Waals surface area contributed by atoms with Gasteiger partial charge in [0.2, 0.25) is 0 Å². The van der Waals surface area contributed by atoms with E-state index in [0.717, 1.165) is 16.6 Å². The molecule has 1 amide bonds. The molecular formula is C23H20BrClN4O3. The summed E-state index contributed by atoms with van der Waals surface area (Å²) in [4.78, 5) is 19.7. The van der Waals surface area contributed by atoms with Gasteiger partial charge >= 0.3 is 0 Å². The number of ether oxygens (including phenoxy) is 2. The Morgan fingerprint density at radius 3 is 2.75 bits per heavy atom. The van der Waals surface area contributed by atoms with Crippen LogP contribution in [0, 0.1) is 0 Å². The predicted octanol–water partition coefficient (Wildman–Crippen LogP) is 5.23. The summed E-state index contributed by atoms with van der Waals surface area (Å²) in [5, 5.41) is 0.642. The fourth-order valence-electron chi connectivity index (χ4n) is 3.24. The van der Waals surface area contributed by atoms with Crippen LogP contribution in [0.15, 0.2) is 59.1 Å². The molecule has 1 heterocycles. The molecule has 9 heteroatoms. The Kier molecular flexibility index (Phi) is 6.64. The van der Waals surface area contributed by atoms with Gasteiger partial charge in [0.15, 0.2) is 11.5 Å². The van der Waals surface area contributed by atoms with E-state index in [1.165, 1.54) is 0 Å². The second-order valence-electron chi connectivity index (χ2n) is 6.89. The van der Waals surface area contributed by atoms with E-state index in [2.05, 4.69) is 31.3 Å². The van der Waals surface area contributed by atoms with Gasteiger partial charge in [-0.15, -0.1) is 0 Å². The standard InChI is InChI=1S/C23H20BrClN4O3/c1-2-31-20-11-15(9-16(24)21(20)32-12-14-5-3-4-6-17(14)25)22-27-18-8-7-13(23(30)29-26)10-19(18)28-22/h3-11H,2,12,26H2,1H3,(H,27,28)(H,29,30). The van der Waals surface area contributed by atoms with E-state index in [0.29, 0.717) is 51.1 Å². The van der Waals surface area contributed by atoms with Gasteiger partial charge in [0.05, 0.1) is 22.1 Å². The normalized spacial score (nSPS) is 10.9. The number of aromatic amines is 1. The third kappa shape index (κ3) is 4.57. The second-order valence-corrected chi connectivity index (χ2v) is 8.15. The number of nitrogens with zero attached hydrogens (tertiary/aromatic N) is 1. The molecule has 7 nitrogen and oxygen atoms in total. The first-order valence-corrected chi connectivity index (χ1v) is 11.0. The lowest BCUT2D eigenvalue weighted by Crippen LogP contribution is -2.29. The number of amides is 1. The number of nitrogens with one attached hydrogen (secondary N) is 2. The SMILES string of the molecule is CCOc1cc(-c2nc3ccc(C(=O)NN)cc3[nH]2)cc(Br)c1OCc1ccccc1Cl. The molecule has 1 aromatic heterocycles. The maximum Gasteiger partial charge on any atom is 0.265 e. The summed E-state index contributed by atoms with van der Waals surface area (Å²) in [6.07, 6.45) is 0. The largest absolute Gasteiger partial charge is 0.490 e. The van der Waals surface area contributed by atoms with Crippen LogP contribution >= 0.6 is 27.5 Å². The van der Waals surface area contributed by atoms with Crippen molar-refractivity contribution in [1.29, 1.82) is 0 Å². The van der Waals surface area contributed by atoms with Crippen molar-refractivity contribution < 1.29 is 14.3 Å². The molecule has 164 valence electrons. The smallest absolute Gasteiger partial charge is 0.265 e. The van der Waals surface area contributed by atoms with Crippen molar-refractivity contribution in [2.75, 3.05) is 6.61 Å². The van der Waals surface area contributed by atoms with E-state index in [1.54, 1.807) is 18.2 Å². The molecule has 0 saturated carbocycles. The number of rotatable bonds is 7. The molecule has 0 aliphatic carbocycles. The maximum absolute atomic E-state index is 11.8. The fraction of sp³-hybridized carbons (Fsp3) is 0.130. The molecule has 0 fully saturated rings. The average Bonchev–Trinajstić information content (AvgIpc) is 3.22. The number of nitrogens with two attached hydrogens (primary N) is 1. The number of imidazole rings is 1. The number of hydrogen-bond acceptors (Lipinski definition) is 5. The van der Waals surface area contributed by atoms with Gasteiger partial charge in [-0.05, 0) is 59.3 Å². The summed E-state index contributed by atoms with van der Waals surface area (Å²) >= 11 is 9.84. The lowest BCUT2D eigenvalue weighted by molar-refractivity contribution is 0.0954. The lowest BCUT2D eigenvalue weighted by atomic mass is 10.2. The maximum atomic E-state index is 11.8. The van der Waals surface area contributed by atoms with E-state index in [4.69, 9.17) is 26.9 Å². The molecule has 0 spiro atoms. The third-order valence-electron chi connectivity index (χ3n) is 4.79. The summed E-state index contributed by atoms with van der Waals surface area (Å²) in [7, 11) is 0. The first-order valence-electron chi connectivity index (χ1n) is 9.83. The zero-order valence-corrected chi connectivity index (χ0v) is 19.5. The third-order valence-corrected chi connectivity index (χ3v) is 5.75. The molecule has 0 saturated heterocycles. The molecule has 0 aliphatic heterocycles. The number of carbonyl (C=O) groups is 1. The van der Waals surface area contributed by atoms with Gasteiger partial charge < -0.3 is 14.5 Å². The van der Waals surface area contributed by atoms with Crippen LogP contribution in [0.5, 0.6) is 11.5 Å². The van der Waals surface area contributed by atoms with Crippen molar-refractivity contribution in [3.05, 3.63) is 75.2 Å². The van der Waals surface area contributed by atoms with Gasteiger partial charge in [0.1, 0.15) is 12.4 Å². The molecule has 3 aromatic carbocycles. The number of hydrogen-bond donors (Lipinski definition) is 3. The predicted molar refractivity (Wildman–Crippen MR) is 128 cm³/mol. The molecule has 0 unspecified atom stereocenters. The molecule has 0 bridgehead atoms. The van der Waals surface area contributed by atoms with Gasteiger partial charge in [-0.1, -0.05) is 29.8 Å². The van der Waals surface area contributed by atoms with E-state index >= 15 is 0 Å². The highest BCUT2D eigenvalue weighted by Gasteiger charge is 2.16. The van der Waals surface area contributed by atoms with Crippen LogP contribution in [0.2, 0.25) is 5.02 Å². The highest BCUT2D eigenvalue weighted by molar-refractivity contribution is 9.10. The summed E-state index contributed by atoms with van der Waals surface area (Å²) in [6, 6.07) is 16.4. The van der Waals surface area contributed by atoms with E-state index < -0.39 is 0 Å². The number of fused-ring (bicyclic) bond motifs is 1. The number of carbonyl (C=O) groups excluding carboxylic acids is 1. The molecule has 0 atom stereocenters. The monoisotopic (exact) mass is 514 g/mol. The minimum Gasteiger partial charge on any atom is -0.490 e. The van der Waals surface area contributed by atoms with Crippen LogP contribution in [-0.2, 0) is 6.61 Å². The van der Waals surface area contributed by atoms with Gasteiger partial charge in [0, 0.05) is 21.7 Å². The first kappa shape index (κ1) is 22.1. The minimum absolute atomic E-state index is 0.300. The Labute approximate surface area is 198 Å². The highest BCUT2D eigenvalue weighted by atomic mass is 79.9. The van der Waals surface area contributed by atoms with Crippen LogP contribution in [0.4, 0.5) is 0 Å². The molecule has 4 aromatic rings. The Morgan fingerprint density at radius 2 is 2.00 bits per heavy atom. The quantitative estimate of drug-likeness (QED) is 0.178. The molecular weight excluding hydrogens is 496 g/mol. The van der Waals surface area contributed by atoms with Crippen LogP contribution in [0.3, 0.4) is 0 Å². The number of benzene rings is 3. The molecule has 4 N–H and O–H groups in total. The number of halogens is 2. The van der Waals surface area contributed by atoms with E-state index in [-0.39, 0.29) is 5.91 Å². The second kappa shape index (κ2) is 9.60. The minimum atomic E-state index is -0.371. The van der Waals surface area contributed by atoms with Crippen molar-refractivity contribution >= 4 is 44.5 Å². The number of hydrazine groups is 1. The molecule has 0 radical (unpaired) electrons. The van der Waals surface area contributed by atoms with E-state index in [1.807, 2.05) is 43.3 Å². The lowest BCUT2D eigenvalue weighted by Gasteiger charge is -2.15. The number of aromatic nitrogens is 2. The Bertz CT molecular complexity index is 1290. The Balaban J connectivity index is 1.68. The molecule has 0 aliphatic rings. The van der Waals surface area contributed by atoms with E-state index in [9.17, 15) is 4.79 Å². The van der Waals surface area contributed by atoms with Crippen LogP contribution < -0.4 is 20.7 Å². The Morgan fingerprint density at radius 1 is 1.19 bits per heavy atom. The summed E-state index contributed by atoms with van der Waals surface area (Å²) in [5.41, 5.74) is 5.68. The topological polar surface area (TPSA) is 102 Å². The van der Waals surface area contributed by atoms with Gasteiger partial charge in [-0.2, -0.15) is 0 Å². The zero-order valence-electron chi connectivity index (χ0n) is 17.1. The number of H-pyrrole nitrogens is 1. The van der Waals surface area contributed by atoms with Gasteiger partial charge in [-0.25, -0.2) is 10.8 Å². The van der Waals surface area contributed by atoms with Crippen LogP contribution in [0.1, 0.15) is 22.8 Å². The number of nitrogen functional groups attached to an aromatic ring is 1. The zero-order chi connectivity index (χ0) is 22.7. The van der Waals surface area contributed by atoms with Gasteiger partial charge in [0.25, 0.3) is 5.91 Å². The van der Waals surface area contributed by atoms with Crippen molar-refractivity contribution in [2.24, 2.45) is 5.84 Å². The summed E-state index contributed by atoms with van der Waals surface area (Å²) < 4.78 is 12.6. The highest BCUT2D eigenvalue weighted by Crippen LogP contribution is 2.40. The van der Waals surface area contributed by atoms with Crippen molar-refractivity contribution in [3.8, 4) is 22.9 Å². The average molecular weight is 516 g/mol. The van der Waals surface area contributed by atoms with Crippen LogP contribution in [0.25, 0.3) is 22.4 Å². The van der Waals surface area contributed by atoms with Crippen molar-refractivity contribution in [2.45, 2.75) is 13.5 Å². The molecule has 4 rings (SSSR count). The van der Waals surface area contributed by atoms with Crippen molar-refractivity contribution in [1.82, 2.24) is 15.4 Å². The van der Waals surface area contributed by atoms with Crippen molar-refractivity contribution in [3.63, 3.8) is 0 Å². The Hall–Kier alpha value is -3.07. The summed E-state index contributed by atoms with van der Waals surface area (Å²) in [5.74, 6) is 6.64. The first-order chi connectivity index (χ1) is 15.5. The van der Waals surface area contributed by atoms with Crippen LogP contribution in [-0.4, -0.2) is 22.5 Å². The summed E-state index contributed by atoms with van der Waals surface area (Å²) in [6.45, 7) is 2.67.